The van der Waals surface area contributed by atoms with Crippen LogP contribution in [0, 0.1) is 5.82 Å². The molecule has 1 amide bonds. The van der Waals surface area contributed by atoms with Crippen molar-refractivity contribution in [2.75, 3.05) is 42.5 Å². The average molecular weight is 536 g/mol. The van der Waals surface area contributed by atoms with Crippen LogP contribution in [0.15, 0.2) is 59.5 Å². The maximum absolute atomic E-state index is 13.2. The van der Waals surface area contributed by atoms with Crippen LogP contribution in [-0.2, 0) is 21.2 Å². The van der Waals surface area contributed by atoms with Crippen LogP contribution in [0.5, 0.6) is 0 Å². The Morgan fingerprint density at radius 1 is 0.865 bits per heavy atom. The fraction of sp³-hybridized carbons (Fsp3) is 0.292. The molecular weight excluding hydrogens is 514 g/mol. The molecule has 0 aliphatic carbocycles. The minimum absolute atomic E-state index is 0.0237. The summed E-state index contributed by atoms with van der Waals surface area (Å²) in [6, 6.07) is 13.3. The van der Waals surface area contributed by atoms with Crippen molar-refractivity contribution in [3.8, 4) is 11.3 Å². The lowest BCUT2D eigenvalue weighted by atomic mass is 10.1. The predicted molar refractivity (Wildman–Crippen MR) is 127 cm³/mol. The van der Waals surface area contributed by atoms with Crippen LogP contribution in [0.2, 0.25) is 0 Å². The number of fused-ring (bicyclic) bond motifs is 1. The van der Waals surface area contributed by atoms with Gasteiger partial charge in [0, 0.05) is 44.0 Å². The summed E-state index contributed by atoms with van der Waals surface area (Å²) in [6.07, 6.45) is -4.86. The van der Waals surface area contributed by atoms with Gasteiger partial charge >= 0.3 is 12.1 Å². The molecule has 8 nitrogen and oxygen atoms in total. The van der Waals surface area contributed by atoms with Crippen molar-refractivity contribution in [2.24, 2.45) is 0 Å². The van der Waals surface area contributed by atoms with E-state index in [4.69, 9.17) is 0 Å². The van der Waals surface area contributed by atoms with Crippen molar-refractivity contribution in [1.82, 2.24) is 14.5 Å². The van der Waals surface area contributed by atoms with Crippen LogP contribution < -0.4 is 9.80 Å². The molecule has 0 N–H and O–H groups in total. The quantitative estimate of drug-likeness (QED) is 0.477. The molecule has 1 fully saturated rings. The van der Waals surface area contributed by atoms with Gasteiger partial charge in [0.25, 0.3) is 0 Å². The van der Waals surface area contributed by atoms with Gasteiger partial charge in [-0.15, -0.1) is 10.2 Å². The summed E-state index contributed by atoms with van der Waals surface area (Å²) in [4.78, 5) is 14.2. The third kappa shape index (κ3) is 4.88. The summed E-state index contributed by atoms with van der Waals surface area (Å²) in [5.74, 6) is -1.73. The van der Waals surface area contributed by atoms with Crippen molar-refractivity contribution >= 4 is 27.4 Å². The Labute approximate surface area is 210 Å². The molecule has 1 saturated heterocycles. The van der Waals surface area contributed by atoms with Gasteiger partial charge in [-0.3, -0.25) is 4.79 Å². The summed E-state index contributed by atoms with van der Waals surface area (Å²) in [6.45, 7) is 0.932. The number of carbonyl (C=O) groups excluding carboxylic acids is 1. The van der Waals surface area contributed by atoms with E-state index in [2.05, 4.69) is 10.2 Å². The zero-order chi connectivity index (χ0) is 26.4. The van der Waals surface area contributed by atoms with Gasteiger partial charge in [-0.25, -0.2) is 12.8 Å². The highest BCUT2D eigenvalue weighted by Crippen LogP contribution is 2.34. The SMILES string of the molecule is O=C(N1CCc2cc(S(=O)(=O)N3CCN(c4ccc(-c5ccc(F)cc5)nn4)CC3)ccc21)C(F)(F)F. The third-order valence-corrected chi connectivity index (χ3v) is 8.32. The number of anilines is 2. The maximum atomic E-state index is 13.2. The first-order chi connectivity index (χ1) is 17.5. The van der Waals surface area contributed by atoms with E-state index >= 15 is 0 Å². The first-order valence-electron chi connectivity index (χ1n) is 11.4. The molecular formula is C24H21F4N5O3S. The molecule has 3 heterocycles. The fourth-order valence-corrected chi connectivity index (χ4v) is 5.95. The topological polar surface area (TPSA) is 86.7 Å². The van der Waals surface area contributed by atoms with Crippen LogP contribution in [0.1, 0.15) is 5.56 Å². The molecule has 0 atom stereocenters. The van der Waals surface area contributed by atoms with Crippen molar-refractivity contribution in [3.63, 3.8) is 0 Å². The first-order valence-corrected chi connectivity index (χ1v) is 12.8. The smallest absolute Gasteiger partial charge is 0.352 e. The van der Waals surface area contributed by atoms with Crippen molar-refractivity contribution in [2.45, 2.75) is 17.5 Å². The molecule has 0 bridgehead atoms. The Bertz CT molecular complexity index is 1420. The summed E-state index contributed by atoms with van der Waals surface area (Å²) >= 11 is 0. The zero-order valence-electron chi connectivity index (χ0n) is 19.3. The van der Waals surface area contributed by atoms with Crippen LogP contribution >= 0.6 is 0 Å². The summed E-state index contributed by atoms with van der Waals surface area (Å²) in [5, 5.41) is 8.42. The van der Waals surface area contributed by atoms with Crippen molar-refractivity contribution < 1.29 is 30.8 Å². The van der Waals surface area contributed by atoms with Crippen LogP contribution in [-0.4, -0.2) is 67.7 Å². The lowest BCUT2D eigenvalue weighted by Gasteiger charge is -2.34. The average Bonchev–Trinajstić information content (AvgIpc) is 3.31. The van der Waals surface area contributed by atoms with E-state index in [-0.39, 0.29) is 42.5 Å². The predicted octanol–water partition coefficient (Wildman–Crippen LogP) is 3.25. The minimum atomic E-state index is -5.00. The third-order valence-electron chi connectivity index (χ3n) is 6.43. The summed E-state index contributed by atoms with van der Waals surface area (Å²) in [7, 11) is -3.89. The minimum Gasteiger partial charge on any atom is -0.352 e. The highest BCUT2D eigenvalue weighted by molar-refractivity contribution is 7.89. The second kappa shape index (κ2) is 9.38. The van der Waals surface area contributed by atoms with Gasteiger partial charge < -0.3 is 9.80 Å². The lowest BCUT2D eigenvalue weighted by Crippen LogP contribution is -2.49. The molecule has 2 aliphatic rings. The van der Waals surface area contributed by atoms with Gasteiger partial charge in [0.15, 0.2) is 5.82 Å². The van der Waals surface area contributed by atoms with Gasteiger partial charge in [0.2, 0.25) is 10.0 Å². The summed E-state index contributed by atoms with van der Waals surface area (Å²) < 4.78 is 79.5. The molecule has 0 spiro atoms. The highest BCUT2D eigenvalue weighted by atomic mass is 32.2. The molecule has 2 aromatic carbocycles. The van der Waals surface area contributed by atoms with E-state index in [1.54, 1.807) is 24.3 Å². The molecule has 5 rings (SSSR count). The lowest BCUT2D eigenvalue weighted by molar-refractivity contribution is -0.170. The Kier molecular flexibility index (Phi) is 6.36. The Hall–Kier alpha value is -3.58. The number of aromatic nitrogens is 2. The molecule has 0 saturated carbocycles. The number of piperazine rings is 1. The van der Waals surface area contributed by atoms with Gasteiger partial charge in [-0.1, -0.05) is 0 Å². The Morgan fingerprint density at radius 3 is 2.19 bits per heavy atom. The monoisotopic (exact) mass is 535 g/mol. The molecule has 0 radical (unpaired) electrons. The fourth-order valence-electron chi connectivity index (χ4n) is 4.48. The molecule has 37 heavy (non-hydrogen) atoms. The molecule has 1 aromatic heterocycles. The second-order valence-electron chi connectivity index (χ2n) is 8.67. The first kappa shape index (κ1) is 25.1. The number of nitrogens with zero attached hydrogens (tertiary/aromatic N) is 5. The second-order valence-corrected chi connectivity index (χ2v) is 10.6. The van der Waals surface area contributed by atoms with E-state index in [0.29, 0.717) is 35.1 Å². The van der Waals surface area contributed by atoms with Gasteiger partial charge in [-0.05, 0) is 66.6 Å². The Balaban J connectivity index is 1.25. The number of hydrogen-bond acceptors (Lipinski definition) is 6. The van der Waals surface area contributed by atoms with Gasteiger partial charge in [-0.2, -0.15) is 17.5 Å². The number of amides is 1. The number of hydrogen-bond donors (Lipinski definition) is 0. The van der Waals surface area contributed by atoms with Gasteiger partial charge in [0.05, 0.1) is 10.6 Å². The van der Waals surface area contributed by atoms with Gasteiger partial charge in [0.1, 0.15) is 5.82 Å². The van der Waals surface area contributed by atoms with E-state index in [1.165, 1.54) is 34.6 Å². The van der Waals surface area contributed by atoms with E-state index in [9.17, 15) is 30.8 Å². The van der Waals surface area contributed by atoms with Crippen LogP contribution in [0.3, 0.4) is 0 Å². The number of halogens is 4. The molecule has 13 heteroatoms. The maximum Gasteiger partial charge on any atom is 0.471 e. The molecule has 194 valence electrons. The molecule has 0 unspecified atom stereocenters. The largest absolute Gasteiger partial charge is 0.471 e. The van der Waals surface area contributed by atoms with E-state index in [0.717, 1.165) is 5.56 Å². The number of benzene rings is 2. The zero-order valence-corrected chi connectivity index (χ0v) is 20.1. The normalized spacial score (nSPS) is 16.6. The van der Waals surface area contributed by atoms with E-state index in [1.807, 2.05) is 4.90 Å². The number of rotatable bonds is 4. The molecule has 2 aliphatic heterocycles. The Morgan fingerprint density at radius 2 is 1.57 bits per heavy atom. The van der Waals surface area contributed by atoms with Crippen LogP contribution in [0.25, 0.3) is 11.3 Å². The number of alkyl halides is 3. The number of carbonyl (C=O) groups is 1. The number of sulfonamides is 1. The van der Waals surface area contributed by atoms with Crippen molar-refractivity contribution in [1.29, 1.82) is 0 Å². The van der Waals surface area contributed by atoms with E-state index < -0.39 is 22.1 Å². The highest BCUT2D eigenvalue weighted by Gasteiger charge is 2.45. The van der Waals surface area contributed by atoms with Crippen LogP contribution in [0.4, 0.5) is 29.1 Å². The van der Waals surface area contributed by atoms with Crippen molar-refractivity contribution in [3.05, 3.63) is 66.0 Å². The molecule has 3 aromatic rings. The summed E-state index contributed by atoms with van der Waals surface area (Å²) in [5.41, 5.74) is 1.76. The standard InChI is InChI=1S/C24H21F4N5O3S/c25-18-3-1-16(2-4-18)20-6-8-22(30-29-20)31-11-13-32(14-12-31)37(35,36)19-5-7-21-17(15-19)9-10-33(21)23(34)24(26,27)28/h1-8,15H,9-14H2.